The average molecular weight is 364 g/mol. The minimum atomic E-state index is -0.583. The van der Waals surface area contributed by atoms with E-state index in [-0.39, 0.29) is 0 Å². The Morgan fingerprint density at radius 3 is 2.52 bits per heavy atom. The van der Waals surface area contributed by atoms with Crippen LogP contribution < -0.4 is 5.73 Å². The van der Waals surface area contributed by atoms with Crippen molar-refractivity contribution in [3.05, 3.63) is 82.9 Å². The number of rotatable bonds is 2. The molecule has 0 saturated heterocycles. The molecule has 4 nitrogen and oxygen atoms in total. The smallest absolute Gasteiger partial charge is 0.146 e. The number of hydrogen-bond donors (Lipinski definition) is 1. The Labute approximate surface area is 156 Å². The fourth-order valence-corrected chi connectivity index (χ4v) is 3.32. The Hall–Kier alpha value is -3.12. The molecule has 2 heterocycles. The third kappa shape index (κ3) is 3.44. The maximum Gasteiger partial charge on any atom is 0.146 e. The molecule has 0 amide bonds. The van der Waals surface area contributed by atoms with Crippen LogP contribution in [-0.2, 0) is 6.54 Å². The molecule has 0 unspecified atom stereocenters. The first kappa shape index (κ1) is 17.3. The summed E-state index contributed by atoms with van der Waals surface area (Å²) in [5, 5.41) is 8.04. The first-order chi connectivity index (χ1) is 13.0. The van der Waals surface area contributed by atoms with Crippen molar-refractivity contribution >= 4 is 11.4 Å². The lowest BCUT2D eigenvalue weighted by Crippen LogP contribution is -2.16. The van der Waals surface area contributed by atoms with Gasteiger partial charge in [-0.1, -0.05) is 18.2 Å². The largest absolute Gasteiger partial charge is 0.382 e. The van der Waals surface area contributed by atoms with Crippen LogP contribution >= 0.6 is 0 Å². The van der Waals surface area contributed by atoms with E-state index in [9.17, 15) is 8.78 Å². The van der Waals surface area contributed by atoms with Crippen LogP contribution in [0.25, 0.3) is 16.8 Å². The molecule has 0 spiro atoms. The minimum absolute atomic E-state index is 0.366. The number of nitrogens with zero attached hydrogens (tertiary/aromatic N) is 3. The van der Waals surface area contributed by atoms with Gasteiger partial charge in [-0.3, -0.25) is 4.90 Å². The molecule has 6 heteroatoms. The molecule has 0 radical (unpaired) electrons. The van der Waals surface area contributed by atoms with Crippen molar-refractivity contribution in [2.75, 3.05) is 19.3 Å². The van der Waals surface area contributed by atoms with E-state index in [0.29, 0.717) is 24.5 Å². The third-order valence-corrected chi connectivity index (χ3v) is 4.64. The molecular formula is C21H18F2N4. The number of benzene rings is 2. The van der Waals surface area contributed by atoms with E-state index >= 15 is 0 Å². The highest BCUT2D eigenvalue weighted by atomic mass is 19.1. The molecule has 1 aliphatic heterocycles. The van der Waals surface area contributed by atoms with Crippen molar-refractivity contribution in [2.24, 2.45) is 0 Å². The van der Waals surface area contributed by atoms with Crippen LogP contribution in [0.5, 0.6) is 0 Å². The summed E-state index contributed by atoms with van der Waals surface area (Å²) >= 11 is 0. The van der Waals surface area contributed by atoms with Crippen LogP contribution in [-0.4, -0.2) is 28.7 Å². The van der Waals surface area contributed by atoms with E-state index in [4.69, 9.17) is 5.73 Å². The van der Waals surface area contributed by atoms with Gasteiger partial charge in [-0.2, -0.15) is 0 Å². The van der Waals surface area contributed by atoms with Crippen LogP contribution in [0.4, 0.5) is 14.6 Å². The highest BCUT2D eigenvalue weighted by Crippen LogP contribution is 2.33. The Bertz CT molecular complexity index is 1030. The summed E-state index contributed by atoms with van der Waals surface area (Å²) in [6.45, 7) is 1.37. The van der Waals surface area contributed by atoms with Gasteiger partial charge in [0.25, 0.3) is 0 Å². The molecule has 0 bridgehead atoms. The highest BCUT2D eigenvalue weighted by molar-refractivity contribution is 5.83. The van der Waals surface area contributed by atoms with E-state index in [1.807, 2.05) is 37.4 Å². The Morgan fingerprint density at radius 2 is 1.78 bits per heavy atom. The molecule has 1 aromatic heterocycles. The van der Waals surface area contributed by atoms with E-state index in [2.05, 4.69) is 15.1 Å². The average Bonchev–Trinajstić information content (AvgIpc) is 2.80. The van der Waals surface area contributed by atoms with Gasteiger partial charge in [-0.25, -0.2) is 8.78 Å². The molecular weight excluding hydrogens is 346 g/mol. The van der Waals surface area contributed by atoms with E-state index in [0.717, 1.165) is 34.0 Å². The number of anilines is 1. The van der Waals surface area contributed by atoms with Crippen LogP contribution in [0.1, 0.15) is 16.7 Å². The van der Waals surface area contributed by atoms with Gasteiger partial charge < -0.3 is 5.73 Å². The first-order valence-electron chi connectivity index (χ1n) is 8.58. The summed E-state index contributed by atoms with van der Waals surface area (Å²) < 4.78 is 27.7. The first-order valence-corrected chi connectivity index (χ1v) is 8.58. The van der Waals surface area contributed by atoms with E-state index < -0.39 is 11.6 Å². The lowest BCUT2D eigenvalue weighted by Gasteiger charge is -2.15. The Morgan fingerprint density at radius 1 is 0.963 bits per heavy atom. The summed E-state index contributed by atoms with van der Waals surface area (Å²) in [5.74, 6) is -0.782. The maximum absolute atomic E-state index is 14.4. The summed E-state index contributed by atoms with van der Waals surface area (Å²) in [4.78, 5) is 2.13. The zero-order valence-electron chi connectivity index (χ0n) is 14.8. The van der Waals surface area contributed by atoms with Gasteiger partial charge in [-0.05, 0) is 54.1 Å². The second-order valence-corrected chi connectivity index (χ2v) is 6.65. The lowest BCUT2D eigenvalue weighted by atomic mass is 9.92. The second kappa shape index (κ2) is 6.89. The Balaban J connectivity index is 1.82. The van der Waals surface area contributed by atoms with Crippen molar-refractivity contribution in [3.8, 4) is 11.3 Å². The number of nitrogen functional groups attached to an aromatic ring is 1. The van der Waals surface area contributed by atoms with Crippen LogP contribution in [0.3, 0.4) is 0 Å². The van der Waals surface area contributed by atoms with Crippen molar-refractivity contribution in [2.45, 2.75) is 6.54 Å². The third-order valence-electron chi connectivity index (χ3n) is 4.64. The van der Waals surface area contributed by atoms with Crippen molar-refractivity contribution in [1.29, 1.82) is 0 Å². The van der Waals surface area contributed by atoms with Crippen LogP contribution in [0.2, 0.25) is 0 Å². The molecule has 0 atom stereocenters. The van der Waals surface area contributed by atoms with Crippen molar-refractivity contribution < 1.29 is 8.78 Å². The topological polar surface area (TPSA) is 55.0 Å². The van der Waals surface area contributed by atoms with Crippen LogP contribution in [0.15, 0.2) is 54.6 Å². The van der Waals surface area contributed by atoms with Crippen LogP contribution in [0, 0.1) is 11.6 Å². The van der Waals surface area contributed by atoms with Gasteiger partial charge in [0, 0.05) is 30.3 Å². The van der Waals surface area contributed by atoms with Gasteiger partial charge in [0.05, 0.1) is 5.69 Å². The van der Waals surface area contributed by atoms with E-state index in [1.54, 1.807) is 6.07 Å². The fraction of sp³-hybridized carbons (Fsp3) is 0.143. The van der Waals surface area contributed by atoms with Gasteiger partial charge in [0.15, 0.2) is 0 Å². The molecule has 0 fully saturated rings. The quantitative estimate of drug-likeness (QED) is 0.750. The van der Waals surface area contributed by atoms with Crippen molar-refractivity contribution in [1.82, 2.24) is 15.1 Å². The number of nitrogens with two attached hydrogens (primary N) is 1. The lowest BCUT2D eigenvalue weighted by molar-refractivity contribution is 0.366. The summed E-state index contributed by atoms with van der Waals surface area (Å²) in [6, 6.07) is 13.1. The zero-order chi connectivity index (χ0) is 19.0. The SMILES string of the molecule is CN1CC=C(c2ccc(F)cc2F)c2ccc(-c3ccc(N)nn3)cc2C1. The standard InChI is InChI=1S/C21H18F2N4/c1-27-9-8-17(18-5-3-15(22)11-19(18)23)16-4-2-13(10-14(16)12-27)20-6-7-21(24)26-25-20/h2-8,10-11H,9,12H2,1H3,(H2,24,26). The number of hydrogen-bond acceptors (Lipinski definition) is 4. The van der Waals surface area contributed by atoms with Gasteiger partial charge in [-0.15, -0.1) is 10.2 Å². The predicted molar refractivity (Wildman–Crippen MR) is 102 cm³/mol. The summed E-state index contributed by atoms with van der Waals surface area (Å²) in [6.07, 6.45) is 1.98. The normalized spacial score (nSPS) is 14.4. The van der Waals surface area contributed by atoms with Gasteiger partial charge >= 0.3 is 0 Å². The molecule has 136 valence electrons. The summed E-state index contributed by atoms with van der Waals surface area (Å²) in [7, 11) is 2.00. The minimum Gasteiger partial charge on any atom is -0.382 e. The molecule has 2 N–H and O–H groups in total. The fourth-order valence-electron chi connectivity index (χ4n) is 3.32. The molecule has 2 aromatic carbocycles. The summed E-state index contributed by atoms with van der Waals surface area (Å²) in [5.41, 5.74) is 10.4. The number of likely N-dealkylation sites (N-methyl/N-ethyl adjacent to an activating group) is 1. The second-order valence-electron chi connectivity index (χ2n) is 6.65. The molecule has 0 aliphatic carbocycles. The molecule has 3 aromatic rings. The monoisotopic (exact) mass is 364 g/mol. The zero-order valence-corrected chi connectivity index (χ0v) is 14.8. The Kier molecular flexibility index (Phi) is 4.41. The highest BCUT2D eigenvalue weighted by Gasteiger charge is 2.19. The maximum atomic E-state index is 14.4. The molecule has 1 aliphatic rings. The number of aromatic nitrogens is 2. The molecule has 4 rings (SSSR count). The van der Waals surface area contributed by atoms with Gasteiger partial charge in [0.1, 0.15) is 17.5 Å². The number of halogens is 2. The molecule has 0 saturated carbocycles. The number of fused-ring (bicyclic) bond motifs is 1. The molecule has 27 heavy (non-hydrogen) atoms. The van der Waals surface area contributed by atoms with Gasteiger partial charge in [0.2, 0.25) is 0 Å². The van der Waals surface area contributed by atoms with Crippen molar-refractivity contribution in [3.63, 3.8) is 0 Å². The predicted octanol–water partition coefficient (Wildman–Crippen LogP) is 3.88. The van der Waals surface area contributed by atoms with E-state index in [1.165, 1.54) is 12.1 Å².